The fourth-order valence-electron chi connectivity index (χ4n) is 3.76. The number of carbonyl (C=O) groups is 1. The SMILES string of the molecule is N#Cc1ccc(C2NC(C(=O)Nc3cccc4cnccc34)=C3C=CC=CN32)cc1. The van der Waals surface area contributed by atoms with Gasteiger partial charge in [-0.15, -0.1) is 0 Å². The van der Waals surface area contributed by atoms with Crippen LogP contribution < -0.4 is 10.6 Å². The van der Waals surface area contributed by atoms with Crippen LogP contribution in [0.4, 0.5) is 5.69 Å². The van der Waals surface area contributed by atoms with E-state index in [1.165, 1.54) is 0 Å². The molecule has 1 aromatic heterocycles. The van der Waals surface area contributed by atoms with Crippen molar-refractivity contribution in [1.82, 2.24) is 15.2 Å². The first-order valence-electron chi connectivity index (χ1n) is 9.53. The highest BCUT2D eigenvalue weighted by Gasteiger charge is 2.34. The third-order valence-corrected chi connectivity index (χ3v) is 5.22. The van der Waals surface area contributed by atoms with Crippen molar-refractivity contribution in [3.8, 4) is 6.07 Å². The second-order valence-corrected chi connectivity index (χ2v) is 7.01. The molecule has 2 aliphatic heterocycles. The molecule has 6 nitrogen and oxygen atoms in total. The Morgan fingerprint density at radius 1 is 1.13 bits per heavy atom. The molecule has 144 valence electrons. The van der Waals surface area contributed by atoms with Crippen LogP contribution in [0.3, 0.4) is 0 Å². The molecule has 1 atom stereocenters. The average molecular weight is 391 g/mol. The predicted molar refractivity (Wildman–Crippen MR) is 115 cm³/mol. The predicted octanol–water partition coefficient (Wildman–Crippen LogP) is 3.94. The highest BCUT2D eigenvalue weighted by atomic mass is 16.2. The zero-order chi connectivity index (χ0) is 20.5. The Balaban J connectivity index is 1.47. The number of hydrogen-bond acceptors (Lipinski definition) is 5. The first-order valence-corrected chi connectivity index (χ1v) is 9.53. The Labute approximate surface area is 173 Å². The lowest BCUT2D eigenvalue weighted by Crippen LogP contribution is -2.28. The van der Waals surface area contributed by atoms with Gasteiger partial charge in [0.1, 0.15) is 11.9 Å². The Hall–Kier alpha value is -4.37. The standard InChI is InChI=1S/C24H17N5O/c25-14-16-7-9-17(10-8-16)23-28-22(21-6-1-2-13-29(21)23)24(30)27-20-5-3-4-18-15-26-12-11-19(18)20/h1-13,15,23,28H,(H,27,30). The summed E-state index contributed by atoms with van der Waals surface area (Å²) >= 11 is 0. The summed E-state index contributed by atoms with van der Waals surface area (Å²) in [6.07, 6.45) is 11.0. The van der Waals surface area contributed by atoms with Gasteiger partial charge in [-0.3, -0.25) is 9.78 Å². The summed E-state index contributed by atoms with van der Waals surface area (Å²) in [4.78, 5) is 19.4. The van der Waals surface area contributed by atoms with Crippen molar-refractivity contribution >= 4 is 22.4 Å². The maximum Gasteiger partial charge on any atom is 0.273 e. The van der Waals surface area contributed by atoms with E-state index in [9.17, 15) is 4.79 Å². The van der Waals surface area contributed by atoms with Gasteiger partial charge in [-0.1, -0.05) is 30.3 Å². The molecule has 0 saturated carbocycles. The molecule has 0 radical (unpaired) electrons. The van der Waals surface area contributed by atoms with Gasteiger partial charge < -0.3 is 15.5 Å². The van der Waals surface area contributed by atoms with Crippen LogP contribution >= 0.6 is 0 Å². The van der Waals surface area contributed by atoms with Crippen molar-refractivity contribution in [3.63, 3.8) is 0 Å². The number of nitrogens with one attached hydrogen (secondary N) is 2. The van der Waals surface area contributed by atoms with Gasteiger partial charge in [0.25, 0.3) is 5.91 Å². The number of allylic oxidation sites excluding steroid dienone is 3. The van der Waals surface area contributed by atoms with Crippen LogP contribution in [0, 0.1) is 11.3 Å². The summed E-state index contributed by atoms with van der Waals surface area (Å²) in [7, 11) is 0. The molecule has 3 heterocycles. The Morgan fingerprint density at radius 2 is 2.00 bits per heavy atom. The topological polar surface area (TPSA) is 81.0 Å². The zero-order valence-corrected chi connectivity index (χ0v) is 15.9. The fourth-order valence-corrected chi connectivity index (χ4v) is 3.76. The molecule has 3 aromatic rings. The number of pyridine rings is 1. The molecule has 2 N–H and O–H groups in total. The van der Waals surface area contributed by atoms with Crippen molar-refractivity contribution in [1.29, 1.82) is 5.26 Å². The van der Waals surface area contributed by atoms with Crippen molar-refractivity contribution in [2.75, 3.05) is 5.32 Å². The number of fused-ring (bicyclic) bond motifs is 2. The summed E-state index contributed by atoms with van der Waals surface area (Å²) in [5.74, 6) is -0.213. The quantitative estimate of drug-likeness (QED) is 0.707. The molecule has 6 heteroatoms. The molecule has 2 aromatic carbocycles. The molecular formula is C24H17N5O. The van der Waals surface area contributed by atoms with E-state index in [1.54, 1.807) is 24.5 Å². The highest BCUT2D eigenvalue weighted by molar-refractivity contribution is 6.09. The van der Waals surface area contributed by atoms with E-state index in [0.717, 1.165) is 27.7 Å². The Morgan fingerprint density at radius 3 is 2.83 bits per heavy atom. The van der Waals surface area contributed by atoms with E-state index in [-0.39, 0.29) is 12.1 Å². The summed E-state index contributed by atoms with van der Waals surface area (Å²) in [6, 6.07) is 17.1. The lowest BCUT2D eigenvalue weighted by Gasteiger charge is -2.26. The molecule has 2 aliphatic rings. The van der Waals surface area contributed by atoms with E-state index in [1.807, 2.05) is 65.7 Å². The molecule has 0 spiro atoms. The fraction of sp³-hybridized carbons (Fsp3) is 0.0417. The van der Waals surface area contributed by atoms with Crippen molar-refractivity contribution in [2.45, 2.75) is 6.17 Å². The van der Waals surface area contributed by atoms with Crippen molar-refractivity contribution in [3.05, 3.63) is 108 Å². The molecule has 1 unspecified atom stereocenters. The van der Waals surface area contributed by atoms with E-state index in [0.29, 0.717) is 11.3 Å². The summed E-state index contributed by atoms with van der Waals surface area (Å²) in [5.41, 5.74) is 3.59. The van der Waals surface area contributed by atoms with Gasteiger partial charge in [0.15, 0.2) is 0 Å². The van der Waals surface area contributed by atoms with Gasteiger partial charge in [0.05, 0.1) is 17.3 Å². The molecule has 1 amide bonds. The lowest BCUT2D eigenvalue weighted by molar-refractivity contribution is -0.113. The van der Waals surface area contributed by atoms with Gasteiger partial charge in [0, 0.05) is 35.1 Å². The lowest BCUT2D eigenvalue weighted by atomic mass is 10.1. The molecule has 0 saturated heterocycles. The van der Waals surface area contributed by atoms with Gasteiger partial charge in [-0.05, 0) is 42.0 Å². The minimum absolute atomic E-state index is 0.213. The van der Waals surface area contributed by atoms with Crippen LogP contribution in [0.2, 0.25) is 0 Å². The molecular weight excluding hydrogens is 374 g/mol. The van der Waals surface area contributed by atoms with E-state index in [2.05, 4.69) is 21.7 Å². The second kappa shape index (κ2) is 7.22. The number of benzene rings is 2. The summed E-state index contributed by atoms with van der Waals surface area (Å²) in [5, 5.41) is 17.3. The molecule has 0 bridgehead atoms. The minimum atomic E-state index is -0.230. The van der Waals surface area contributed by atoms with Gasteiger partial charge in [0.2, 0.25) is 0 Å². The van der Waals surface area contributed by atoms with E-state index >= 15 is 0 Å². The van der Waals surface area contributed by atoms with Gasteiger partial charge >= 0.3 is 0 Å². The summed E-state index contributed by atoms with van der Waals surface area (Å²) in [6.45, 7) is 0. The highest BCUT2D eigenvalue weighted by Crippen LogP contribution is 2.34. The largest absolute Gasteiger partial charge is 0.355 e. The van der Waals surface area contributed by atoms with E-state index in [4.69, 9.17) is 5.26 Å². The number of nitriles is 1. The van der Waals surface area contributed by atoms with E-state index < -0.39 is 0 Å². The third kappa shape index (κ3) is 2.99. The molecule has 30 heavy (non-hydrogen) atoms. The number of amides is 1. The third-order valence-electron chi connectivity index (χ3n) is 5.22. The Bertz CT molecular complexity index is 1280. The number of hydrogen-bond donors (Lipinski definition) is 2. The van der Waals surface area contributed by atoms with Crippen LogP contribution in [0.5, 0.6) is 0 Å². The zero-order valence-electron chi connectivity index (χ0n) is 15.9. The van der Waals surface area contributed by atoms with Crippen LogP contribution in [-0.4, -0.2) is 15.8 Å². The van der Waals surface area contributed by atoms with Crippen LogP contribution in [0.1, 0.15) is 17.3 Å². The molecule has 5 rings (SSSR count). The van der Waals surface area contributed by atoms with Crippen LogP contribution in [-0.2, 0) is 4.79 Å². The number of carbonyl (C=O) groups excluding carboxylic acids is 1. The number of nitrogens with zero attached hydrogens (tertiary/aromatic N) is 3. The summed E-state index contributed by atoms with van der Waals surface area (Å²) < 4.78 is 0. The normalized spacial score (nSPS) is 16.9. The van der Waals surface area contributed by atoms with Crippen molar-refractivity contribution < 1.29 is 4.79 Å². The first-order chi connectivity index (χ1) is 14.7. The maximum atomic E-state index is 13.2. The maximum absolute atomic E-state index is 13.2. The Kier molecular flexibility index (Phi) is 4.26. The number of anilines is 1. The number of aromatic nitrogens is 1. The average Bonchev–Trinajstić information content (AvgIpc) is 3.19. The van der Waals surface area contributed by atoms with Gasteiger partial charge in [-0.2, -0.15) is 5.26 Å². The van der Waals surface area contributed by atoms with Crippen LogP contribution in [0.25, 0.3) is 10.8 Å². The van der Waals surface area contributed by atoms with Crippen LogP contribution in [0.15, 0.2) is 96.7 Å². The number of rotatable bonds is 3. The first kappa shape index (κ1) is 17.7. The smallest absolute Gasteiger partial charge is 0.273 e. The minimum Gasteiger partial charge on any atom is -0.355 e. The molecule has 0 aliphatic carbocycles. The monoisotopic (exact) mass is 391 g/mol. The van der Waals surface area contributed by atoms with Crippen molar-refractivity contribution in [2.24, 2.45) is 0 Å². The molecule has 0 fully saturated rings. The second-order valence-electron chi connectivity index (χ2n) is 7.01. The van der Waals surface area contributed by atoms with Gasteiger partial charge in [-0.25, -0.2) is 0 Å².